The molecule has 2 aromatic heterocycles. The number of allylic oxidation sites excluding steroid dienone is 2. The van der Waals surface area contributed by atoms with Gasteiger partial charge in [-0.25, -0.2) is 0 Å². The number of benzene rings is 1. The van der Waals surface area contributed by atoms with Crippen LogP contribution in [0.2, 0.25) is 0 Å². The summed E-state index contributed by atoms with van der Waals surface area (Å²) < 4.78 is 0. The van der Waals surface area contributed by atoms with Crippen molar-refractivity contribution in [1.82, 2.24) is 47.0 Å². The Labute approximate surface area is 612 Å². The Kier molecular flexibility index (Phi) is 22.9. The lowest BCUT2D eigenvalue weighted by Gasteiger charge is -2.59. The highest BCUT2D eigenvalue weighted by Crippen LogP contribution is 2.63. The number of amides is 9. The van der Waals surface area contributed by atoms with Gasteiger partial charge in [-0.2, -0.15) is 0 Å². The van der Waals surface area contributed by atoms with Gasteiger partial charge in [0.25, 0.3) is 5.91 Å². The smallest absolute Gasteiger partial charge is 0.262 e. The second-order valence-electron chi connectivity index (χ2n) is 32.6. The van der Waals surface area contributed by atoms with Crippen LogP contribution in [0.25, 0.3) is 11.1 Å². The third-order valence-electron chi connectivity index (χ3n) is 25.3. The third kappa shape index (κ3) is 15.7. The van der Waals surface area contributed by atoms with E-state index in [-0.39, 0.29) is 70.6 Å². The first-order chi connectivity index (χ1) is 49.5. The van der Waals surface area contributed by atoms with Crippen molar-refractivity contribution >= 4 is 92.8 Å². The number of hydrogen-bond acceptors (Lipinski definition) is 16. The molecule has 25 heteroatoms. The van der Waals surface area contributed by atoms with E-state index in [9.17, 15) is 9.90 Å². The molecule has 12 bridgehead atoms. The van der Waals surface area contributed by atoms with Crippen LogP contribution in [-0.2, 0) is 44.8 Å². The fourth-order valence-electron chi connectivity index (χ4n) is 21.3. The molecule has 14 N–H and O–H groups in total. The summed E-state index contributed by atoms with van der Waals surface area (Å²) in [5, 5.41) is 33.1. The van der Waals surface area contributed by atoms with Gasteiger partial charge in [0.15, 0.2) is 5.78 Å². The quantitative estimate of drug-likeness (QED) is 0.0885. The number of ketones is 1. The molecule has 10 fully saturated rings. The third-order valence-corrected chi connectivity index (χ3v) is 27.4. The van der Waals surface area contributed by atoms with Gasteiger partial charge in [0, 0.05) is 40.1 Å². The standard InChI is InChI=1S/C78H108N12O11S2/c1-42(91)64-76(101)89-25-11-20-60(89)65(92)62-34-54(43(2)102-62)52-15-7-16-53(52)55-35-63(103-44(55)3)72(97)83-58(19-10-24-81)70(95)87-66(77-36-46-27-47(37-77)29-48(28-46)38-77)73(98)84-56(17-8-22-79)68(93)85-59(33-45-13-5-4-6-14-45)75(100)90-26-12-21-61(90)71(96)82-57(18-9-23-80)69(94)88-67(74(99)86-64)78-39-49-30-50(40-78)32-51(31-49)41-78/h4-6,13-14,34-35,42,46-51,56-61,64,66-67,91H,7-12,15-33,36-41,79-81H2,1-3H3,(H,82,96)(H,83,97)(H,84,98)(H,85,93)(H,86,99)(H,87,95)(H,88,94)/t42-,46?,47?,48?,49?,50?,51?,56+,57+,58+,59-,60-,61+,64+,66-,67-,77?,78?/m1/s1. The van der Waals surface area contributed by atoms with E-state index in [0.717, 1.165) is 89.8 Å². The minimum Gasteiger partial charge on any atom is -0.391 e. The van der Waals surface area contributed by atoms with Gasteiger partial charge in [0.1, 0.15) is 48.3 Å². The molecule has 15 rings (SSSR count). The Balaban J connectivity index is 0.859. The van der Waals surface area contributed by atoms with Gasteiger partial charge in [-0.1, -0.05) is 30.3 Å². The van der Waals surface area contributed by atoms with Gasteiger partial charge in [-0.05, 0) is 276 Å². The monoisotopic (exact) mass is 1450 g/mol. The zero-order chi connectivity index (χ0) is 72.6. The van der Waals surface area contributed by atoms with Crippen molar-refractivity contribution in [3.63, 3.8) is 0 Å². The van der Waals surface area contributed by atoms with Crippen LogP contribution in [0.5, 0.6) is 0 Å². The van der Waals surface area contributed by atoms with Crippen LogP contribution in [-0.4, -0.2) is 167 Å². The van der Waals surface area contributed by atoms with Crippen molar-refractivity contribution in [2.24, 2.45) is 63.5 Å². The molecule has 558 valence electrons. The van der Waals surface area contributed by atoms with Crippen molar-refractivity contribution in [3.8, 4) is 0 Å². The molecule has 0 radical (unpaired) electrons. The van der Waals surface area contributed by atoms with E-state index in [4.69, 9.17) is 17.2 Å². The zero-order valence-electron chi connectivity index (χ0n) is 60.2. The highest BCUT2D eigenvalue weighted by molar-refractivity contribution is 7.14. The van der Waals surface area contributed by atoms with Crippen molar-refractivity contribution in [1.29, 1.82) is 0 Å². The number of fused-ring (bicyclic) bond motifs is 8. The second-order valence-corrected chi connectivity index (χ2v) is 35.1. The van der Waals surface area contributed by atoms with Crippen LogP contribution in [0.3, 0.4) is 0 Å². The molecule has 3 aliphatic heterocycles. The van der Waals surface area contributed by atoms with Crippen LogP contribution in [0.15, 0.2) is 42.5 Å². The van der Waals surface area contributed by atoms with E-state index < -0.39 is 124 Å². The molecular formula is C78H108N12O11S2. The maximum Gasteiger partial charge on any atom is 0.262 e. The normalized spacial score (nSPS) is 34.3. The second kappa shape index (κ2) is 31.7. The summed E-state index contributed by atoms with van der Waals surface area (Å²) >= 11 is 2.69. The van der Waals surface area contributed by atoms with E-state index in [1.807, 2.05) is 56.3 Å². The van der Waals surface area contributed by atoms with Gasteiger partial charge in [0.05, 0.1) is 21.9 Å². The Morgan fingerprint density at radius 1 is 0.495 bits per heavy atom. The number of carbonyl (C=O) groups is 10. The molecule has 0 spiro atoms. The molecule has 5 heterocycles. The minimum atomic E-state index is -1.49. The van der Waals surface area contributed by atoms with Crippen LogP contribution in [0, 0.1) is 60.2 Å². The van der Waals surface area contributed by atoms with Gasteiger partial charge in [-0.15, -0.1) is 22.7 Å². The molecule has 10 atom stereocenters. The van der Waals surface area contributed by atoms with Crippen molar-refractivity contribution < 1.29 is 53.1 Å². The van der Waals surface area contributed by atoms with Gasteiger partial charge < -0.3 is 69.3 Å². The van der Waals surface area contributed by atoms with Crippen LogP contribution >= 0.6 is 22.7 Å². The number of aryl methyl sites for hydroxylation is 2. The number of Topliss-reactive ketones (excluding diaryl/α,β-unsaturated/α-hetero) is 1. The maximum atomic E-state index is 15.7. The lowest BCUT2D eigenvalue weighted by atomic mass is 9.47. The van der Waals surface area contributed by atoms with E-state index in [1.54, 1.807) is 0 Å². The first-order valence-electron chi connectivity index (χ1n) is 38.6. The molecular weight excluding hydrogens is 1350 g/mol. The maximum absolute atomic E-state index is 15.7. The number of hydrogen-bond donors (Lipinski definition) is 11. The molecule has 0 unspecified atom stereocenters. The van der Waals surface area contributed by atoms with Crippen LogP contribution in [0.4, 0.5) is 0 Å². The molecule has 3 aromatic rings. The Bertz CT molecular complexity index is 3680. The molecule has 1 aromatic carbocycles. The summed E-state index contributed by atoms with van der Waals surface area (Å²) in [5.41, 5.74) is 21.7. The molecule has 9 aliphatic carbocycles. The Hall–Kier alpha value is -6.90. The summed E-state index contributed by atoms with van der Waals surface area (Å²) in [6.45, 7) is 6.34. The predicted molar refractivity (Wildman–Crippen MR) is 393 cm³/mol. The first kappa shape index (κ1) is 74.4. The predicted octanol–water partition coefficient (Wildman–Crippen LogP) is 5.98. The molecule has 2 saturated heterocycles. The molecule has 9 amide bonds. The van der Waals surface area contributed by atoms with E-state index in [2.05, 4.69) is 37.2 Å². The average molecular weight is 1450 g/mol. The summed E-state index contributed by atoms with van der Waals surface area (Å²) in [4.78, 5) is 158. The number of nitrogens with two attached hydrogens (primary N) is 3. The highest BCUT2D eigenvalue weighted by Gasteiger charge is 2.59. The Morgan fingerprint density at radius 2 is 0.913 bits per heavy atom. The zero-order valence-corrected chi connectivity index (χ0v) is 61.8. The topological polar surface area (TPSA) is 360 Å². The summed E-state index contributed by atoms with van der Waals surface area (Å²) in [7, 11) is 0. The molecule has 23 nitrogen and oxygen atoms in total. The summed E-state index contributed by atoms with van der Waals surface area (Å²) in [6.07, 6.45) is 14.1. The number of aliphatic hydroxyl groups excluding tert-OH is 1. The highest BCUT2D eigenvalue weighted by atomic mass is 32.1. The fourth-order valence-corrected chi connectivity index (χ4v) is 23.3. The van der Waals surface area contributed by atoms with Gasteiger partial charge >= 0.3 is 0 Å². The summed E-state index contributed by atoms with van der Waals surface area (Å²) in [6, 6.07) is 2.45. The lowest BCUT2D eigenvalue weighted by Crippen LogP contribution is -2.66. The average Bonchev–Trinajstić information content (AvgIpc) is 1.63. The van der Waals surface area contributed by atoms with Crippen molar-refractivity contribution in [2.45, 2.75) is 248 Å². The number of thiophene rings is 2. The van der Waals surface area contributed by atoms with Gasteiger partial charge in [-0.3, -0.25) is 47.9 Å². The van der Waals surface area contributed by atoms with E-state index in [1.165, 1.54) is 39.4 Å². The van der Waals surface area contributed by atoms with Gasteiger partial charge in [0.2, 0.25) is 47.3 Å². The number of aliphatic hydroxyl groups is 1. The van der Waals surface area contributed by atoms with E-state index in [0.29, 0.717) is 128 Å². The first-order valence-corrected chi connectivity index (χ1v) is 40.2. The molecule has 12 aliphatic rings. The fraction of sp³-hybridized carbons (Fsp3) is 0.667. The van der Waals surface area contributed by atoms with Crippen LogP contribution < -0.4 is 54.4 Å². The lowest BCUT2D eigenvalue weighted by molar-refractivity contribution is -0.147. The SMILES string of the molecule is Cc1sc2cc1C1=C(CCC1)c1cc(sc1C)C(=O)[C@H]1CCCN1C(=O)[C@H]([C@@H](C)O)NC(=O)[C@H](C13CC4CC(CC(C4)C1)C3)NC(=O)[C@H](CCCN)NC(=O)[C@@H]1CCCN1C(=O)[C@@H](Cc1ccccc1)NC(=O)[C@H](CCCN)NC(=O)[C@H](C13CC4CC(CC(C4)C1)C3)NC(=O)[C@H](CCCN)NC2=O. The van der Waals surface area contributed by atoms with E-state index >= 15 is 43.2 Å². The number of nitrogens with zero attached hydrogens (tertiary/aromatic N) is 2. The Morgan fingerprint density at radius 3 is 1.40 bits per heavy atom. The van der Waals surface area contributed by atoms with Crippen LogP contribution in [0.1, 0.15) is 213 Å². The van der Waals surface area contributed by atoms with Crippen molar-refractivity contribution in [2.75, 3.05) is 32.7 Å². The number of rotatable bonds is 14. The number of carbonyl (C=O) groups excluding carboxylic acids is 10. The molecule has 103 heavy (non-hydrogen) atoms. The number of nitrogens with one attached hydrogen (secondary N) is 7. The molecule has 8 saturated carbocycles. The summed E-state index contributed by atoms with van der Waals surface area (Å²) in [5.74, 6) is -3.44. The minimum absolute atomic E-state index is 0.0177. The largest absolute Gasteiger partial charge is 0.391 e. The van der Waals surface area contributed by atoms with Crippen molar-refractivity contribution in [3.05, 3.63) is 78.7 Å².